The third-order valence-electron chi connectivity index (χ3n) is 6.19. The monoisotopic (exact) mass is 384 g/mol. The number of hydrogen-bond donors (Lipinski definition) is 0. The molecule has 0 aromatic carbocycles. The largest absolute Gasteiger partial charge is 0.343 e. The van der Waals surface area contributed by atoms with Crippen molar-refractivity contribution in [3.8, 4) is 0 Å². The van der Waals surface area contributed by atoms with E-state index in [0.717, 1.165) is 31.5 Å². The second kappa shape index (κ2) is 8.29. The van der Waals surface area contributed by atoms with Crippen LogP contribution in [-0.4, -0.2) is 69.6 Å². The molecule has 0 spiro atoms. The van der Waals surface area contributed by atoms with E-state index in [-0.39, 0.29) is 29.7 Å². The Balaban J connectivity index is 1.35. The van der Waals surface area contributed by atoms with Gasteiger partial charge in [0.2, 0.25) is 17.7 Å². The van der Waals surface area contributed by atoms with Gasteiger partial charge in [-0.25, -0.2) is 0 Å². The number of piperidine rings is 1. The lowest BCUT2D eigenvalue weighted by Crippen LogP contribution is -2.47. The molecule has 2 atom stereocenters. The Kier molecular flexibility index (Phi) is 5.59. The molecule has 0 aliphatic carbocycles. The van der Waals surface area contributed by atoms with Gasteiger partial charge in [0, 0.05) is 51.3 Å². The van der Waals surface area contributed by atoms with Crippen LogP contribution in [0.1, 0.15) is 44.2 Å². The minimum absolute atomic E-state index is 0.0670. The molecule has 5 heterocycles. The zero-order valence-electron chi connectivity index (χ0n) is 16.3. The predicted molar refractivity (Wildman–Crippen MR) is 103 cm³/mol. The van der Waals surface area contributed by atoms with Gasteiger partial charge in [0.05, 0.1) is 18.2 Å². The summed E-state index contributed by atoms with van der Waals surface area (Å²) in [5.74, 6) is 0.360. The van der Waals surface area contributed by atoms with Crippen LogP contribution < -0.4 is 0 Å². The molecule has 1 aromatic rings. The van der Waals surface area contributed by atoms with E-state index in [9.17, 15) is 14.4 Å². The molecule has 150 valence electrons. The van der Waals surface area contributed by atoms with Gasteiger partial charge in [-0.05, 0) is 37.8 Å². The van der Waals surface area contributed by atoms with Crippen molar-refractivity contribution in [1.82, 2.24) is 19.7 Å². The number of pyridine rings is 1. The van der Waals surface area contributed by atoms with Gasteiger partial charge in [0.15, 0.2) is 0 Å². The van der Waals surface area contributed by atoms with Gasteiger partial charge in [-0.15, -0.1) is 0 Å². The van der Waals surface area contributed by atoms with Crippen molar-refractivity contribution in [3.05, 3.63) is 30.1 Å². The lowest BCUT2D eigenvalue weighted by atomic mass is 9.94. The number of nitrogens with zero attached hydrogens (tertiary/aromatic N) is 4. The number of carbonyl (C=O) groups is 3. The number of carbonyl (C=O) groups excluding carboxylic acids is 3. The Morgan fingerprint density at radius 2 is 2.07 bits per heavy atom. The molecule has 7 heteroatoms. The number of likely N-dealkylation sites (tertiary alicyclic amines) is 1. The minimum Gasteiger partial charge on any atom is -0.343 e. The lowest BCUT2D eigenvalue weighted by Gasteiger charge is -2.35. The molecule has 2 bridgehead atoms. The van der Waals surface area contributed by atoms with E-state index < -0.39 is 0 Å². The predicted octanol–water partition coefficient (Wildman–Crippen LogP) is 1.43. The number of hydrogen-bond acceptors (Lipinski definition) is 4. The lowest BCUT2D eigenvalue weighted by molar-refractivity contribution is -0.140. The third-order valence-corrected chi connectivity index (χ3v) is 6.19. The molecular formula is C21H28N4O3. The molecule has 4 aliphatic heterocycles. The van der Waals surface area contributed by atoms with Crippen LogP contribution in [0.2, 0.25) is 0 Å². The second-order valence-electron chi connectivity index (χ2n) is 8.10. The molecular weight excluding hydrogens is 356 g/mol. The Morgan fingerprint density at radius 1 is 1.18 bits per heavy atom. The molecule has 3 amide bonds. The normalized spacial score (nSPS) is 24.8. The maximum atomic E-state index is 12.9. The van der Waals surface area contributed by atoms with Crippen LogP contribution >= 0.6 is 0 Å². The van der Waals surface area contributed by atoms with Gasteiger partial charge < -0.3 is 14.7 Å². The van der Waals surface area contributed by atoms with Crippen LogP contribution in [0.15, 0.2) is 24.4 Å². The number of fused-ring (bicyclic) bond motifs is 4. The van der Waals surface area contributed by atoms with Gasteiger partial charge in [0.1, 0.15) is 0 Å². The molecule has 1 aromatic heterocycles. The van der Waals surface area contributed by atoms with Crippen molar-refractivity contribution in [2.24, 2.45) is 5.92 Å². The van der Waals surface area contributed by atoms with E-state index in [0.29, 0.717) is 45.4 Å². The molecule has 0 radical (unpaired) electrons. The Hall–Kier alpha value is -2.44. The van der Waals surface area contributed by atoms with E-state index in [1.165, 1.54) is 0 Å². The molecule has 0 N–H and O–H groups in total. The quantitative estimate of drug-likeness (QED) is 0.744. The summed E-state index contributed by atoms with van der Waals surface area (Å²) in [7, 11) is 0. The smallest absolute Gasteiger partial charge is 0.228 e. The zero-order valence-corrected chi connectivity index (χ0v) is 16.3. The topological polar surface area (TPSA) is 73.8 Å². The van der Waals surface area contributed by atoms with Crippen molar-refractivity contribution in [3.63, 3.8) is 0 Å². The summed E-state index contributed by atoms with van der Waals surface area (Å²) in [6.45, 7) is 3.12. The number of amides is 3. The highest BCUT2D eigenvalue weighted by atomic mass is 16.2. The summed E-state index contributed by atoms with van der Waals surface area (Å²) in [5.41, 5.74) is 0.886. The van der Waals surface area contributed by atoms with E-state index in [1.807, 2.05) is 32.9 Å². The van der Waals surface area contributed by atoms with Crippen LogP contribution in [0, 0.1) is 5.92 Å². The fourth-order valence-electron chi connectivity index (χ4n) is 4.64. The van der Waals surface area contributed by atoms with Gasteiger partial charge in [-0.1, -0.05) is 6.07 Å². The first-order valence-corrected chi connectivity index (χ1v) is 10.4. The summed E-state index contributed by atoms with van der Waals surface area (Å²) in [4.78, 5) is 47.4. The van der Waals surface area contributed by atoms with Crippen molar-refractivity contribution in [2.45, 2.75) is 51.1 Å². The van der Waals surface area contributed by atoms with Crippen LogP contribution in [0.3, 0.4) is 0 Å². The first kappa shape index (κ1) is 18.9. The maximum Gasteiger partial charge on any atom is 0.228 e. The van der Waals surface area contributed by atoms with E-state index in [1.54, 1.807) is 6.20 Å². The molecule has 4 saturated heterocycles. The van der Waals surface area contributed by atoms with Crippen LogP contribution in [-0.2, 0) is 20.9 Å². The molecule has 5 rings (SSSR count). The van der Waals surface area contributed by atoms with Crippen LogP contribution in [0.25, 0.3) is 0 Å². The van der Waals surface area contributed by atoms with Crippen LogP contribution in [0.4, 0.5) is 0 Å². The average Bonchev–Trinajstić information content (AvgIpc) is 2.92. The Labute approximate surface area is 165 Å². The third kappa shape index (κ3) is 4.03. The molecule has 7 nitrogen and oxygen atoms in total. The zero-order chi connectivity index (χ0) is 19.5. The van der Waals surface area contributed by atoms with E-state index in [2.05, 4.69) is 4.98 Å². The molecule has 0 saturated carbocycles. The molecule has 4 fully saturated rings. The standard InChI is InChI=1S/C21H28N4O3/c26-19-6-3-11-23(19)12-4-7-20(27)24-13-16-8-9-18(15-24)25(21(16)28)14-17-5-1-2-10-22-17/h1-2,5,10,16,18H,3-4,6-9,11-15H2. The maximum absolute atomic E-state index is 12.9. The summed E-state index contributed by atoms with van der Waals surface area (Å²) < 4.78 is 0. The average molecular weight is 384 g/mol. The SMILES string of the molecule is O=C1CCCN1CCCC(=O)N1CC2CCC(C1)N(Cc1ccccn1)C2=O. The first-order valence-electron chi connectivity index (χ1n) is 10.4. The first-order chi connectivity index (χ1) is 13.6. The Bertz CT molecular complexity index is 738. The fourth-order valence-corrected chi connectivity index (χ4v) is 4.64. The van der Waals surface area contributed by atoms with Crippen molar-refractivity contribution in [2.75, 3.05) is 26.2 Å². The number of rotatable bonds is 6. The van der Waals surface area contributed by atoms with Crippen LogP contribution in [0.5, 0.6) is 0 Å². The van der Waals surface area contributed by atoms with Gasteiger partial charge in [0.25, 0.3) is 0 Å². The van der Waals surface area contributed by atoms with Gasteiger partial charge in [-0.2, -0.15) is 0 Å². The summed E-state index contributed by atoms with van der Waals surface area (Å²) >= 11 is 0. The van der Waals surface area contributed by atoms with Gasteiger partial charge >= 0.3 is 0 Å². The summed E-state index contributed by atoms with van der Waals surface area (Å²) in [6.07, 6.45) is 6.24. The second-order valence-corrected chi connectivity index (χ2v) is 8.10. The summed E-state index contributed by atoms with van der Waals surface area (Å²) in [5, 5.41) is 0. The highest BCUT2D eigenvalue weighted by Gasteiger charge is 2.41. The Morgan fingerprint density at radius 3 is 2.82 bits per heavy atom. The van der Waals surface area contributed by atoms with Crippen molar-refractivity contribution in [1.29, 1.82) is 0 Å². The van der Waals surface area contributed by atoms with Crippen molar-refractivity contribution < 1.29 is 14.4 Å². The molecule has 28 heavy (non-hydrogen) atoms. The highest BCUT2D eigenvalue weighted by molar-refractivity contribution is 5.83. The van der Waals surface area contributed by atoms with Gasteiger partial charge in [-0.3, -0.25) is 19.4 Å². The van der Waals surface area contributed by atoms with E-state index in [4.69, 9.17) is 0 Å². The summed E-state index contributed by atoms with van der Waals surface area (Å²) in [6, 6.07) is 5.81. The van der Waals surface area contributed by atoms with E-state index >= 15 is 0 Å². The van der Waals surface area contributed by atoms with Crippen molar-refractivity contribution >= 4 is 17.7 Å². The number of aromatic nitrogens is 1. The highest BCUT2D eigenvalue weighted by Crippen LogP contribution is 2.30. The fraction of sp³-hybridized carbons (Fsp3) is 0.619. The molecule has 4 aliphatic rings. The molecule has 2 unspecified atom stereocenters. The minimum atomic E-state index is -0.105.